The Morgan fingerprint density at radius 3 is 2.91 bits per heavy atom. The van der Waals surface area contributed by atoms with Crippen molar-refractivity contribution in [2.75, 3.05) is 6.54 Å². The molecule has 0 unspecified atom stereocenters. The largest absolute Gasteiger partial charge is 0.506 e. The Labute approximate surface area is 144 Å². The number of rotatable bonds is 2. The summed E-state index contributed by atoms with van der Waals surface area (Å²) in [6.07, 6.45) is 1.80. The summed E-state index contributed by atoms with van der Waals surface area (Å²) >= 11 is 7.94. The van der Waals surface area contributed by atoms with Gasteiger partial charge >= 0.3 is 0 Å². The van der Waals surface area contributed by atoms with Gasteiger partial charge in [0, 0.05) is 18.0 Å². The number of nitrogens with zero attached hydrogens (tertiary/aromatic N) is 3. The van der Waals surface area contributed by atoms with Crippen molar-refractivity contribution in [2.45, 2.75) is 24.3 Å². The van der Waals surface area contributed by atoms with Crippen LogP contribution < -0.4 is 0 Å². The van der Waals surface area contributed by atoms with E-state index in [4.69, 9.17) is 16.6 Å². The minimum Gasteiger partial charge on any atom is -0.506 e. The zero-order valence-corrected chi connectivity index (χ0v) is 14.1. The van der Waals surface area contributed by atoms with E-state index in [1.165, 1.54) is 0 Å². The van der Waals surface area contributed by atoms with E-state index in [2.05, 4.69) is 16.8 Å². The van der Waals surface area contributed by atoms with Crippen molar-refractivity contribution in [1.82, 2.24) is 9.88 Å². The lowest BCUT2D eigenvalue weighted by atomic mass is 9.96. The molecule has 1 aromatic carbocycles. The molecule has 1 N–H and O–H groups in total. The van der Waals surface area contributed by atoms with Crippen LogP contribution >= 0.6 is 23.4 Å². The van der Waals surface area contributed by atoms with Gasteiger partial charge in [-0.15, -0.1) is 0 Å². The second-order valence-corrected chi connectivity index (χ2v) is 7.66. The Balaban J connectivity index is 1.79. The lowest BCUT2D eigenvalue weighted by molar-refractivity contribution is 0.321. The van der Waals surface area contributed by atoms with E-state index in [1.807, 2.05) is 30.3 Å². The van der Waals surface area contributed by atoms with Crippen LogP contribution in [-0.4, -0.2) is 32.0 Å². The monoisotopic (exact) mass is 345 g/mol. The number of benzene rings is 1. The number of fused-ring (bicyclic) bond motifs is 1. The molecule has 4 nitrogen and oxygen atoms in total. The van der Waals surface area contributed by atoms with Crippen LogP contribution in [0, 0.1) is 0 Å². The molecule has 6 heteroatoms. The molecule has 0 bridgehead atoms. The number of halogens is 1. The zero-order valence-electron chi connectivity index (χ0n) is 12.6. The quantitative estimate of drug-likeness (QED) is 0.892. The number of pyridine rings is 1. The summed E-state index contributed by atoms with van der Waals surface area (Å²) in [7, 11) is 0. The summed E-state index contributed by atoms with van der Waals surface area (Å²) in [5.74, 6) is 0.105. The minimum atomic E-state index is -0.0493. The molecule has 3 atom stereocenters. The molecule has 1 fully saturated rings. The van der Waals surface area contributed by atoms with Crippen molar-refractivity contribution in [3.05, 3.63) is 58.9 Å². The first kappa shape index (κ1) is 14.8. The molecular weight excluding hydrogens is 330 g/mol. The fourth-order valence-corrected chi connectivity index (χ4v) is 4.47. The molecule has 1 aromatic heterocycles. The maximum Gasteiger partial charge on any atom is 0.160 e. The molecule has 118 valence electrons. The molecule has 23 heavy (non-hydrogen) atoms. The summed E-state index contributed by atoms with van der Waals surface area (Å²) in [5.41, 5.74) is 2.01. The van der Waals surface area contributed by atoms with Crippen molar-refractivity contribution in [3.8, 4) is 5.75 Å². The number of thioether (sulfide) groups is 1. The normalized spacial score (nSPS) is 26.3. The second-order valence-electron chi connectivity index (χ2n) is 5.85. The number of hydrogen-bond acceptors (Lipinski definition) is 5. The van der Waals surface area contributed by atoms with Gasteiger partial charge in [-0.25, -0.2) is 0 Å². The van der Waals surface area contributed by atoms with Crippen molar-refractivity contribution >= 4 is 28.5 Å². The van der Waals surface area contributed by atoms with Crippen LogP contribution in [0.15, 0.2) is 47.6 Å². The van der Waals surface area contributed by atoms with E-state index in [-0.39, 0.29) is 17.8 Å². The molecule has 2 aliphatic rings. The third-order valence-corrected chi connectivity index (χ3v) is 5.60. The summed E-state index contributed by atoms with van der Waals surface area (Å²) in [6, 6.07) is 11.3. The van der Waals surface area contributed by atoms with E-state index >= 15 is 0 Å². The Hall–Kier alpha value is -1.72. The smallest absolute Gasteiger partial charge is 0.160 e. The number of aromatic hydroxyl groups is 1. The third-order valence-electron chi connectivity index (χ3n) is 4.19. The molecule has 0 amide bonds. The molecule has 0 spiro atoms. The first-order valence-corrected chi connectivity index (χ1v) is 8.79. The average molecular weight is 346 g/mol. The van der Waals surface area contributed by atoms with Gasteiger partial charge in [0.15, 0.2) is 5.17 Å². The first-order valence-electron chi connectivity index (χ1n) is 7.54. The predicted molar refractivity (Wildman–Crippen MR) is 94.0 cm³/mol. The van der Waals surface area contributed by atoms with Gasteiger partial charge in [0.25, 0.3) is 0 Å². The van der Waals surface area contributed by atoms with Crippen molar-refractivity contribution in [3.63, 3.8) is 0 Å². The van der Waals surface area contributed by atoms with Crippen LogP contribution in [-0.2, 0) is 0 Å². The fraction of sp³-hybridized carbons (Fsp3) is 0.294. The number of aromatic nitrogens is 1. The highest BCUT2D eigenvalue weighted by atomic mass is 35.5. The number of phenolic OH excluding ortho intramolecular Hbond substituents is 1. The maximum atomic E-state index is 9.71. The first-order chi connectivity index (χ1) is 11.1. The molecular formula is C17H16ClN3OS. The molecule has 1 saturated heterocycles. The second kappa shape index (κ2) is 5.73. The summed E-state index contributed by atoms with van der Waals surface area (Å²) in [6.45, 7) is 3.16. The third kappa shape index (κ3) is 2.58. The standard InChI is InChI=1S/C17H16ClN3OS/c1-10-9-21-16(11-5-6-14(22)12(18)8-11)15(20-17(21)23-10)13-4-2-3-7-19-13/h2-8,10,15-16,22H,9H2,1H3/t10-,15+,16-/m0/s1. The topological polar surface area (TPSA) is 48.7 Å². The Bertz CT molecular complexity index is 768. The molecule has 0 radical (unpaired) electrons. The van der Waals surface area contributed by atoms with Crippen LogP contribution in [0.4, 0.5) is 0 Å². The van der Waals surface area contributed by atoms with Gasteiger partial charge in [-0.05, 0) is 29.8 Å². The highest BCUT2D eigenvalue weighted by Gasteiger charge is 2.43. The SMILES string of the molecule is C[C@H]1CN2C(=N[C@H](c3ccccn3)[C@@H]2c2ccc(O)c(Cl)c2)S1. The maximum absolute atomic E-state index is 9.71. The summed E-state index contributed by atoms with van der Waals surface area (Å²) in [5, 5.41) is 11.7. The molecule has 4 rings (SSSR count). The lowest BCUT2D eigenvalue weighted by Gasteiger charge is -2.27. The molecule has 3 heterocycles. The summed E-state index contributed by atoms with van der Waals surface area (Å²) in [4.78, 5) is 11.7. The lowest BCUT2D eigenvalue weighted by Crippen LogP contribution is -2.28. The number of amidine groups is 1. The number of hydrogen-bond donors (Lipinski definition) is 1. The molecule has 2 aromatic rings. The molecule has 0 aliphatic carbocycles. The van der Waals surface area contributed by atoms with Gasteiger partial charge in [-0.2, -0.15) is 0 Å². The Morgan fingerprint density at radius 2 is 2.17 bits per heavy atom. The predicted octanol–water partition coefficient (Wildman–Crippen LogP) is 4.03. The Kier molecular flexibility index (Phi) is 3.70. The fourth-order valence-electron chi connectivity index (χ4n) is 3.19. The number of phenols is 1. The van der Waals surface area contributed by atoms with E-state index in [0.717, 1.165) is 23.0 Å². The highest BCUT2D eigenvalue weighted by molar-refractivity contribution is 8.14. The Morgan fingerprint density at radius 1 is 1.30 bits per heavy atom. The summed E-state index contributed by atoms with van der Waals surface area (Å²) < 4.78 is 0. The van der Waals surface area contributed by atoms with Crippen LogP contribution in [0.3, 0.4) is 0 Å². The van der Waals surface area contributed by atoms with E-state index in [0.29, 0.717) is 10.3 Å². The van der Waals surface area contributed by atoms with Gasteiger partial charge in [0.05, 0.1) is 16.8 Å². The number of aliphatic imine (C=N–C) groups is 1. The highest BCUT2D eigenvalue weighted by Crippen LogP contribution is 2.48. The minimum absolute atomic E-state index is 0.0493. The van der Waals surface area contributed by atoms with Crippen LogP contribution in [0.1, 0.15) is 30.3 Å². The van der Waals surface area contributed by atoms with Crippen molar-refractivity contribution in [1.29, 1.82) is 0 Å². The van der Waals surface area contributed by atoms with Gasteiger partial charge in [0.2, 0.25) is 0 Å². The van der Waals surface area contributed by atoms with Gasteiger partial charge in [-0.1, -0.05) is 42.4 Å². The average Bonchev–Trinajstić information content (AvgIpc) is 3.07. The van der Waals surface area contributed by atoms with E-state index < -0.39 is 0 Å². The van der Waals surface area contributed by atoms with Gasteiger partial charge in [0.1, 0.15) is 11.8 Å². The van der Waals surface area contributed by atoms with Gasteiger partial charge < -0.3 is 10.0 Å². The zero-order chi connectivity index (χ0) is 16.0. The van der Waals surface area contributed by atoms with E-state index in [9.17, 15) is 5.11 Å². The van der Waals surface area contributed by atoms with Crippen LogP contribution in [0.5, 0.6) is 5.75 Å². The van der Waals surface area contributed by atoms with Crippen molar-refractivity contribution < 1.29 is 5.11 Å². The van der Waals surface area contributed by atoms with E-state index in [1.54, 1.807) is 24.0 Å². The van der Waals surface area contributed by atoms with Gasteiger partial charge in [-0.3, -0.25) is 9.98 Å². The van der Waals surface area contributed by atoms with Crippen LogP contribution in [0.25, 0.3) is 0 Å². The molecule has 0 saturated carbocycles. The van der Waals surface area contributed by atoms with Crippen LogP contribution in [0.2, 0.25) is 5.02 Å². The van der Waals surface area contributed by atoms with Crippen molar-refractivity contribution in [2.24, 2.45) is 4.99 Å². The molecule has 2 aliphatic heterocycles.